The summed E-state index contributed by atoms with van der Waals surface area (Å²) < 4.78 is 0. The van der Waals surface area contributed by atoms with Gasteiger partial charge in [0.25, 0.3) is 11.8 Å². The van der Waals surface area contributed by atoms with Gasteiger partial charge < -0.3 is 5.32 Å². The summed E-state index contributed by atoms with van der Waals surface area (Å²) in [5.74, 6) is 0.459. The fourth-order valence-electron chi connectivity index (χ4n) is 3.17. The molecular weight excluding hydrogens is 382 g/mol. The molecule has 29 heavy (non-hydrogen) atoms. The molecule has 1 N–H and O–H groups in total. The fraction of sp³-hybridized carbons (Fsp3) is 0.348. The Morgan fingerprint density at radius 3 is 2.59 bits per heavy atom. The minimum absolute atomic E-state index is 0.0303. The van der Waals surface area contributed by atoms with Crippen LogP contribution in [0.4, 0.5) is 0 Å². The van der Waals surface area contributed by atoms with Gasteiger partial charge in [-0.1, -0.05) is 73.6 Å². The zero-order valence-electron chi connectivity index (χ0n) is 17.1. The lowest BCUT2D eigenvalue weighted by atomic mass is 10.0. The first-order chi connectivity index (χ1) is 14.0. The summed E-state index contributed by atoms with van der Waals surface area (Å²) in [6.07, 6.45) is 0. The van der Waals surface area contributed by atoms with Crippen molar-refractivity contribution in [3.8, 4) is 0 Å². The van der Waals surface area contributed by atoms with Gasteiger partial charge in [-0.3, -0.25) is 19.5 Å². The molecule has 5 nitrogen and oxygen atoms in total. The van der Waals surface area contributed by atoms with Crippen molar-refractivity contribution in [2.45, 2.75) is 33.4 Å². The van der Waals surface area contributed by atoms with Gasteiger partial charge in [0.1, 0.15) is 6.04 Å². The molecule has 2 aromatic rings. The second-order valence-electron chi connectivity index (χ2n) is 7.49. The normalized spacial score (nSPS) is 16.3. The third kappa shape index (κ3) is 5.48. The zero-order valence-corrected chi connectivity index (χ0v) is 17.9. The first kappa shape index (κ1) is 21.1. The summed E-state index contributed by atoms with van der Waals surface area (Å²) in [7, 11) is 0. The Morgan fingerprint density at radius 1 is 1.14 bits per heavy atom. The van der Waals surface area contributed by atoms with Crippen molar-refractivity contribution in [3.05, 3.63) is 71.3 Å². The van der Waals surface area contributed by atoms with Crippen LogP contribution in [0.25, 0.3) is 0 Å². The second-order valence-corrected chi connectivity index (χ2v) is 8.55. The highest BCUT2D eigenvalue weighted by atomic mass is 32.2. The number of benzene rings is 2. The van der Waals surface area contributed by atoms with E-state index in [1.807, 2.05) is 69.3 Å². The highest BCUT2D eigenvalue weighted by Gasteiger charge is 2.34. The molecule has 1 fully saturated rings. The molecule has 3 rings (SSSR count). The predicted molar refractivity (Wildman–Crippen MR) is 119 cm³/mol. The Hall–Kier alpha value is -2.60. The molecule has 0 bridgehead atoms. The molecule has 1 aliphatic rings. The summed E-state index contributed by atoms with van der Waals surface area (Å²) in [4.78, 5) is 32.3. The number of nitrogens with one attached hydrogen (secondary N) is 1. The Kier molecular flexibility index (Phi) is 7.09. The van der Waals surface area contributed by atoms with Crippen LogP contribution in [0.15, 0.2) is 59.6 Å². The van der Waals surface area contributed by atoms with Crippen molar-refractivity contribution in [2.75, 3.05) is 12.3 Å². The van der Waals surface area contributed by atoms with Crippen LogP contribution in [0.3, 0.4) is 0 Å². The van der Waals surface area contributed by atoms with Crippen LogP contribution in [-0.2, 0) is 11.3 Å². The largest absolute Gasteiger partial charge is 0.340 e. The van der Waals surface area contributed by atoms with E-state index >= 15 is 0 Å². The molecule has 0 aliphatic carbocycles. The highest BCUT2D eigenvalue weighted by molar-refractivity contribution is 8.14. The SMILES string of the molecule is Cc1cccc(C(=O)N[C@H](C(=O)N2CCSC2=NCc2ccccc2)C(C)C)c1. The molecule has 0 spiro atoms. The number of rotatable bonds is 6. The van der Waals surface area contributed by atoms with E-state index in [0.29, 0.717) is 18.7 Å². The summed E-state index contributed by atoms with van der Waals surface area (Å²) in [6, 6.07) is 16.8. The summed E-state index contributed by atoms with van der Waals surface area (Å²) >= 11 is 1.59. The third-order valence-electron chi connectivity index (χ3n) is 4.78. The molecule has 1 heterocycles. The molecule has 1 atom stereocenters. The number of thioether (sulfide) groups is 1. The highest BCUT2D eigenvalue weighted by Crippen LogP contribution is 2.21. The molecule has 6 heteroatoms. The fourth-order valence-corrected chi connectivity index (χ4v) is 4.12. The van der Waals surface area contributed by atoms with Crippen LogP contribution in [0.2, 0.25) is 0 Å². The number of aryl methyl sites for hydroxylation is 1. The van der Waals surface area contributed by atoms with E-state index in [2.05, 4.69) is 10.3 Å². The predicted octanol–water partition coefficient (Wildman–Crippen LogP) is 3.88. The van der Waals surface area contributed by atoms with Crippen molar-refractivity contribution < 1.29 is 9.59 Å². The molecular formula is C23H27N3O2S. The first-order valence-corrected chi connectivity index (χ1v) is 10.8. The van der Waals surface area contributed by atoms with Gasteiger partial charge in [-0.05, 0) is 30.5 Å². The van der Waals surface area contributed by atoms with Gasteiger partial charge in [0.15, 0.2) is 5.17 Å². The standard InChI is InChI=1S/C23H27N3O2S/c1-16(2)20(25-21(27)19-11-7-8-17(3)14-19)22(28)26-12-13-29-23(26)24-15-18-9-5-4-6-10-18/h4-11,14,16,20H,12-13,15H2,1-3H3,(H,25,27)/t20-/m0/s1. The summed E-state index contributed by atoms with van der Waals surface area (Å²) in [5, 5.41) is 3.67. The monoisotopic (exact) mass is 409 g/mol. The molecule has 2 amide bonds. The first-order valence-electron chi connectivity index (χ1n) is 9.86. The lowest BCUT2D eigenvalue weighted by Gasteiger charge is -2.26. The van der Waals surface area contributed by atoms with E-state index in [1.54, 1.807) is 22.7 Å². The minimum atomic E-state index is -0.594. The quantitative estimate of drug-likeness (QED) is 0.788. The van der Waals surface area contributed by atoms with Gasteiger partial charge in [-0.25, -0.2) is 0 Å². The number of nitrogens with zero attached hydrogens (tertiary/aromatic N) is 2. The van der Waals surface area contributed by atoms with E-state index in [9.17, 15) is 9.59 Å². The van der Waals surface area contributed by atoms with Gasteiger partial charge in [0.2, 0.25) is 0 Å². The summed E-state index contributed by atoms with van der Waals surface area (Å²) in [5.41, 5.74) is 2.68. The number of amides is 2. The topological polar surface area (TPSA) is 61.8 Å². The van der Waals surface area contributed by atoms with Gasteiger partial charge in [-0.2, -0.15) is 0 Å². The average Bonchev–Trinajstić information content (AvgIpc) is 3.19. The lowest BCUT2D eigenvalue weighted by Crippen LogP contribution is -2.51. The Bertz CT molecular complexity index is 896. The van der Waals surface area contributed by atoms with Gasteiger partial charge in [0.05, 0.1) is 6.54 Å². The average molecular weight is 410 g/mol. The number of hydrogen-bond acceptors (Lipinski definition) is 4. The smallest absolute Gasteiger partial charge is 0.251 e. The second kappa shape index (κ2) is 9.74. The Labute approximate surface area is 176 Å². The molecule has 0 saturated carbocycles. The van der Waals surface area contributed by atoms with Crippen molar-refractivity contribution in [3.63, 3.8) is 0 Å². The maximum atomic E-state index is 13.3. The molecule has 0 unspecified atom stereocenters. The van der Waals surface area contributed by atoms with Crippen molar-refractivity contribution in [1.29, 1.82) is 0 Å². The molecule has 1 saturated heterocycles. The molecule has 152 valence electrons. The Morgan fingerprint density at radius 2 is 1.90 bits per heavy atom. The van der Waals surface area contributed by atoms with Crippen LogP contribution in [0.1, 0.15) is 35.3 Å². The zero-order chi connectivity index (χ0) is 20.8. The van der Waals surface area contributed by atoms with Gasteiger partial charge in [0, 0.05) is 17.9 Å². The van der Waals surface area contributed by atoms with Gasteiger partial charge in [-0.15, -0.1) is 0 Å². The molecule has 1 aliphatic heterocycles. The molecule has 0 radical (unpaired) electrons. The van der Waals surface area contributed by atoms with Crippen molar-refractivity contribution in [2.24, 2.45) is 10.9 Å². The Balaban J connectivity index is 1.73. The maximum Gasteiger partial charge on any atom is 0.251 e. The van der Waals surface area contributed by atoms with E-state index in [-0.39, 0.29) is 17.7 Å². The number of amidine groups is 1. The minimum Gasteiger partial charge on any atom is -0.340 e. The number of carbonyl (C=O) groups is 2. The van der Waals surface area contributed by atoms with Crippen molar-refractivity contribution >= 4 is 28.7 Å². The van der Waals surface area contributed by atoms with E-state index < -0.39 is 6.04 Å². The molecule has 2 aromatic carbocycles. The lowest BCUT2D eigenvalue weighted by molar-refractivity contribution is -0.130. The third-order valence-corrected chi connectivity index (χ3v) is 5.78. The number of aliphatic imine (C=N–C) groups is 1. The summed E-state index contributed by atoms with van der Waals surface area (Å²) in [6.45, 7) is 6.99. The van der Waals surface area contributed by atoms with E-state index in [0.717, 1.165) is 22.0 Å². The van der Waals surface area contributed by atoms with Crippen molar-refractivity contribution in [1.82, 2.24) is 10.2 Å². The van der Waals surface area contributed by atoms with Crippen LogP contribution >= 0.6 is 11.8 Å². The van der Waals surface area contributed by atoms with Crippen LogP contribution in [0, 0.1) is 12.8 Å². The molecule has 0 aromatic heterocycles. The maximum absolute atomic E-state index is 13.3. The van der Waals surface area contributed by atoms with Crippen LogP contribution in [0.5, 0.6) is 0 Å². The van der Waals surface area contributed by atoms with Crippen LogP contribution in [-0.4, -0.2) is 40.2 Å². The van der Waals surface area contributed by atoms with E-state index in [1.165, 1.54) is 0 Å². The van der Waals surface area contributed by atoms with E-state index in [4.69, 9.17) is 0 Å². The van der Waals surface area contributed by atoms with Gasteiger partial charge >= 0.3 is 0 Å². The number of carbonyl (C=O) groups excluding carboxylic acids is 2. The number of hydrogen-bond donors (Lipinski definition) is 1. The van der Waals surface area contributed by atoms with Crippen LogP contribution < -0.4 is 5.32 Å².